The largest absolute Gasteiger partial charge is 0.484 e. The Morgan fingerprint density at radius 2 is 1.91 bits per heavy atom. The van der Waals surface area contributed by atoms with Crippen LogP contribution in [0.25, 0.3) is 11.2 Å². The van der Waals surface area contributed by atoms with E-state index in [-0.39, 0.29) is 24.9 Å². The van der Waals surface area contributed by atoms with Crippen LogP contribution in [0.15, 0.2) is 61.1 Å². The highest BCUT2D eigenvalue weighted by atomic mass is 35.5. The minimum atomic E-state index is -0.925. The summed E-state index contributed by atoms with van der Waals surface area (Å²) in [7, 11) is 0. The van der Waals surface area contributed by atoms with Gasteiger partial charge < -0.3 is 23.7 Å². The average molecular weight is 634 g/mol. The fraction of sp³-hybridized carbons (Fsp3) is 0.344. The first kappa shape index (κ1) is 30.5. The highest BCUT2D eigenvalue weighted by molar-refractivity contribution is 6.30. The summed E-state index contributed by atoms with van der Waals surface area (Å²) in [6.45, 7) is 5.70. The molecule has 0 atom stereocenters. The molecule has 1 aliphatic rings. The Kier molecular flexibility index (Phi) is 9.22. The van der Waals surface area contributed by atoms with Crippen LogP contribution in [0, 0.1) is 5.82 Å². The lowest BCUT2D eigenvalue weighted by Gasteiger charge is -2.31. The maximum Gasteiger partial charge on any atom is 0.309 e. The number of pyridine rings is 2. The number of ether oxygens (including phenoxy) is 2. The third kappa shape index (κ3) is 7.40. The van der Waals surface area contributed by atoms with Gasteiger partial charge in [-0.05, 0) is 56.2 Å². The number of carboxylic acids is 1. The van der Waals surface area contributed by atoms with Crippen molar-refractivity contribution < 1.29 is 23.8 Å². The zero-order valence-corrected chi connectivity index (χ0v) is 25.5. The van der Waals surface area contributed by atoms with E-state index < -0.39 is 11.8 Å². The van der Waals surface area contributed by atoms with E-state index in [1.54, 1.807) is 18.5 Å². The van der Waals surface area contributed by atoms with Gasteiger partial charge in [0.25, 0.3) is 0 Å². The zero-order chi connectivity index (χ0) is 31.3. The number of carboxylic acid groups (broad SMARTS) is 1. The minimum Gasteiger partial charge on any atom is -0.484 e. The summed E-state index contributed by atoms with van der Waals surface area (Å²) in [5, 5.41) is 9.61. The quantitative estimate of drug-likeness (QED) is 0.199. The number of hydrogen-bond donors (Lipinski definition) is 1. The van der Waals surface area contributed by atoms with E-state index in [0.29, 0.717) is 41.0 Å². The van der Waals surface area contributed by atoms with Crippen molar-refractivity contribution >= 4 is 28.7 Å². The standard InChI is InChI=1S/C32H33ClFN7O4/c1-2-40-20-35-16-24(40)17-41-29(38-27-8-7-22(15-31(42)43)37-32(27)41)18-39-12-10-25(11-13-39)45-30-5-3-4-23(36-30)19-44-28-9-6-21(33)14-26(28)34/h3-9,14,16,20,25H,2,10-13,15,17-19H2,1H3,(H,42,43). The molecule has 234 valence electrons. The van der Waals surface area contributed by atoms with E-state index in [2.05, 4.69) is 35.9 Å². The van der Waals surface area contributed by atoms with Crippen LogP contribution in [0.5, 0.6) is 11.6 Å². The highest BCUT2D eigenvalue weighted by Gasteiger charge is 2.24. The number of piperidine rings is 1. The van der Waals surface area contributed by atoms with Gasteiger partial charge in [-0.3, -0.25) is 9.69 Å². The van der Waals surface area contributed by atoms with Gasteiger partial charge in [-0.25, -0.2) is 24.3 Å². The Morgan fingerprint density at radius 3 is 2.69 bits per heavy atom. The van der Waals surface area contributed by atoms with Crippen molar-refractivity contribution in [3.8, 4) is 11.6 Å². The van der Waals surface area contributed by atoms with Crippen LogP contribution in [-0.4, -0.2) is 64.2 Å². The Bertz CT molecular complexity index is 1800. The summed E-state index contributed by atoms with van der Waals surface area (Å²) < 4.78 is 30.0. The Labute approximate surface area is 264 Å². The number of rotatable bonds is 12. The molecule has 45 heavy (non-hydrogen) atoms. The molecule has 0 aliphatic carbocycles. The Morgan fingerprint density at radius 1 is 1.07 bits per heavy atom. The lowest BCUT2D eigenvalue weighted by Crippen LogP contribution is -2.38. The van der Waals surface area contributed by atoms with Crippen LogP contribution < -0.4 is 9.47 Å². The number of carbonyl (C=O) groups is 1. The number of nitrogens with zero attached hydrogens (tertiary/aromatic N) is 7. The van der Waals surface area contributed by atoms with E-state index in [1.165, 1.54) is 12.1 Å². The molecule has 1 fully saturated rings. The minimum absolute atomic E-state index is 0.00315. The molecule has 11 nitrogen and oxygen atoms in total. The van der Waals surface area contributed by atoms with E-state index in [0.717, 1.165) is 49.5 Å². The van der Waals surface area contributed by atoms with Crippen LogP contribution in [0.3, 0.4) is 0 Å². The van der Waals surface area contributed by atoms with E-state index in [9.17, 15) is 14.3 Å². The zero-order valence-electron chi connectivity index (χ0n) is 24.8. The molecule has 0 saturated carbocycles. The number of aryl methyl sites for hydroxylation is 1. The topological polar surface area (TPSA) is 120 Å². The monoisotopic (exact) mass is 633 g/mol. The van der Waals surface area contributed by atoms with Crippen LogP contribution >= 0.6 is 11.6 Å². The third-order valence-electron chi connectivity index (χ3n) is 7.76. The molecule has 0 bridgehead atoms. The third-order valence-corrected chi connectivity index (χ3v) is 7.99. The molecule has 1 saturated heterocycles. The lowest BCUT2D eigenvalue weighted by molar-refractivity contribution is -0.136. The highest BCUT2D eigenvalue weighted by Crippen LogP contribution is 2.24. The van der Waals surface area contributed by atoms with Crippen LogP contribution in [0.2, 0.25) is 5.02 Å². The van der Waals surface area contributed by atoms with Gasteiger partial charge in [0.1, 0.15) is 24.1 Å². The normalized spacial score (nSPS) is 14.2. The molecule has 6 rings (SSSR count). The molecule has 5 heterocycles. The number of likely N-dealkylation sites (tertiary alicyclic amines) is 1. The molecule has 1 N–H and O–H groups in total. The van der Waals surface area contributed by atoms with Crippen molar-refractivity contribution in [1.82, 2.24) is 34.0 Å². The summed E-state index contributed by atoms with van der Waals surface area (Å²) in [6, 6.07) is 13.3. The molecule has 4 aromatic heterocycles. The predicted molar refractivity (Wildman–Crippen MR) is 165 cm³/mol. The van der Waals surface area contributed by atoms with Crippen molar-refractivity contribution in [2.45, 2.75) is 58.5 Å². The van der Waals surface area contributed by atoms with Gasteiger partial charge in [0, 0.05) is 36.9 Å². The molecule has 1 aliphatic heterocycles. The first-order chi connectivity index (χ1) is 21.8. The van der Waals surface area contributed by atoms with Gasteiger partial charge in [-0.15, -0.1) is 0 Å². The summed E-state index contributed by atoms with van der Waals surface area (Å²) in [5.74, 6) is 0.0270. The molecule has 0 amide bonds. The van der Waals surface area contributed by atoms with Gasteiger partial charge in [-0.1, -0.05) is 17.7 Å². The number of benzene rings is 1. The van der Waals surface area contributed by atoms with E-state index in [1.807, 2.05) is 30.5 Å². The average Bonchev–Trinajstić information content (AvgIpc) is 3.61. The van der Waals surface area contributed by atoms with Gasteiger partial charge in [-0.2, -0.15) is 0 Å². The van der Waals surface area contributed by atoms with Crippen molar-refractivity contribution in [2.24, 2.45) is 0 Å². The van der Waals surface area contributed by atoms with E-state index >= 15 is 0 Å². The van der Waals surface area contributed by atoms with Gasteiger partial charge in [0.05, 0.1) is 42.9 Å². The van der Waals surface area contributed by atoms with Crippen molar-refractivity contribution in [1.29, 1.82) is 0 Å². The second-order valence-corrected chi connectivity index (χ2v) is 11.4. The molecular weight excluding hydrogens is 601 g/mol. The second kappa shape index (κ2) is 13.6. The maximum absolute atomic E-state index is 14.1. The van der Waals surface area contributed by atoms with Crippen LogP contribution in [0.1, 0.15) is 42.7 Å². The summed E-state index contributed by atoms with van der Waals surface area (Å²) >= 11 is 5.82. The molecule has 0 unspecified atom stereocenters. The Balaban J connectivity index is 1.10. The predicted octanol–water partition coefficient (Wildman–Crippen LogP) is 5.13. The Hall–Kier alpha value is -4.55. The smallest absolute Gasteiger partial charge is 0.309 e. The van der Waals surface area contributed by atoms with E-state index in [4.69, 9.17) is 26.1 Å². The fourth-order valence-corrected chi connectivity index (χ4v) is 5.62. The molecule has 1 aromatic carbocycles. The first-order valence-corrected chi connectivity index (χ1v) is 15.2. The molecular formula is C32H33ClFN7O4. The fourth-order valence-electron chi connectivity index (χ4n) is 5.46. The molecule has 0 radical (unpaired) electrons. The van der Waals surface area contributed by atoms with Gasteiger partial charge in [0.15, 0.2) is 17.2 Å². The van der Waals surface area contributed by atoms with Gasteiger partial charge >= 0.3 is 5.97 Å². The lowest BCUT2D eigenvalue weighted by atomic mass is 10.1. The van der Waals surface area contributed by atoms with Gasteiger partial charge in [0.2, 0.25) is 5.88 Å². The SMILES string of the molecule is CCn1cncc1Cn1c(CN2CCC(Oc3cccc(COc4ccc(Cl)cc4F)n3)CC2)nc2ccc(CC(=O)O)nc21. The molecule has 5 aromatic rings. The summed E-state index contributed by atoms with van der Waals surface area (Å²) in [6.07, 6.45) is 5.11. The number of imidazole rings is 2. The molecule has 13 heteroatoms. The van der Waals surface area contributed by atoms with Crippen LogP contribution in [-0.2, 0) is 37.5 Å². The van der Waals surface area contributed by atoms with Crippen molar-refractivity contribution in [2.75, 3.05) is 13.1 Å². The molecule has 0 spiro atoms. The number of fused-ring (bicyclic) bond motifs is 1. The number of halogens is 2. The van der Waals surface area contributed by atoms with Crippen LogP contribution in [0.4, 0.5) is 4.39 Å². The second-order valence-electron chi connectivity index (χ2n) is 10.9. The first-order valence-electron chi connectivity index (χ1n) is 14.8. The van der Waals surface area contributed by atoms with Crippen molar-refractivity contribution in [3.63, 3.8) is 0 Å². The maximum atomic E-state index is 14.1. The number of aliphatic carboxylic acids is 1. The number of hydrogen-bond acceptors (Lipinski definition) is 8. The summed E-state index contributed by atoms with van der Waals surface area (Å²) in [4.78, 5) is 32.1. The number of aromatic nitrogens is 6. The summed E-state index contributed by atoms with van der Waals surface area (Å²) in [5.41, 5.74) is 3.54. The van der Waals surface area contributed by atoms with Crippen molar-refractivity contribution in [3.05, 3.63) is 94.8 Å².